The smallest absolute Gasteiger partial charge is 0.431 e. The molecule has 9 nitrogen and oxygen atoms in total. The highest BCUT2D eigenvalue weighted by Gasteiger charge is 2.36. The third-order valence-corrected chi connectivity index (χ3v) is 5.98. The van der Waals surface area contributed by atoms with Crippen LogP contribution in [-0.2, 0) is 23.2 Å². The minimum absolute atomic E-state index is 0.0675. The van der Waals surface area contributed by atoms with Gasteiger partial charge in [-0.3, -0.25) is 9.36 Å². The summed E-state index contributed by atoms with van der Waals surface area (Å²) in [6, 6.07) is 7.77. The topological polar surface area (TPSA) is 117 Å². The van der Waals surface area contributed by atoms with Gasteiger partial charge in [0.2, 0.25) is 5.69 Å². The van der Waals surface area contributed by atoms with Gasteiger partial charge in [-0.15, -0.1) is 0 Å². The molecule has 0 saturated carbocycles. The van der Waals surface area contributed by atoms with E-state index in [1.54, 1.807) is 0 Å². The number of hydrogen-bond acceptors (Lipinski definition) is 5. The molecule has 0 N–H and O–H groups in total. The van der Waals surface area contributed by atoms with Crippen molar-refractivity contribution in [3.05, 3.63) is 91.7 Å². The summed E-state index contributed by atoms with van der Waals surface area (Å²) in [6.07, 6.45) is -3.80. The van der Waals surface area contributed by atoms with Crippen LogP contribution in [-0.4, -0.2) is 23.3 Å². The van der Waals surface area contributed by atoms with Crippen LogP contribution in [0.5, 0.6) is 0 Å². The van der Waals surface area contributed by atoms with Crippen LogP contribution >= 0.6 is 0 Å². The molecule has 31 heavy (non-hydrogen) atoms. The van der Waals surface area contributed by atoms with Gasteiger partial charge in [-0.25, -0.2) is 9.36 Å². The second-order valence-corrected chi connectivity index (χ2v) is 8.12. The summed E-state index contributed by atoms with van der Waals surface area (Å²) in [5, 5.41) is 12.1. The molecule has 13 heteroatoms. The Labute approximate surface area is 171 Å². The van der Waals surface area contributed by atoms with Crippen LogP contribution in [0.4, 0.5) is 13.2 Å². The summed E-state index contributed by atoms with van der Waals surface area (Å²) in [7, 11) is -3.30. The lowest BCUT2D eigenvalue weighted by Crippen LogP contribution is -2.40. The maximum Gasteiger partial charge on any atom is 0.431 e. The first-order valence-corrected chi connectivity index (χ1v) is 9.94. The Bertz CT molecular complexity index is 1500. The zero-order chi connectivity index (χ0) is 22.7. The van der Waals surface area contributed by atoms with Crippen molar-refractivity contribution in [1.82, 2.24) is 9.13 Å². The van der Waals surface area contributed by atoms with Crippen LogP contribution in [0.15, 0.2) is 67.5 Å². The van der Waals surface area contributed by atoms with Gasteiger partial charge in [-0.1, -0.05) is 0 Å². The predicted molar refractivity (Wildman–Crippen MR) is 101 cm³/mol. The van der Waals surface area contributed by atoms with E-state index < -0.39 is 33.1 Å². The minimum atomic E-state index is -4.92. The third kappa shape index (κ3) is 3.22. The fourth-order valence-electron chi connectivity index (χ4n) is 3.22. The van der Waals surface area contributed by atoms with E-state index in [4.69, 9.17) is 0 Å². The standard InChI is InChI=1S/C18H11F3N4O5S/c1-23-14(18(19,20)21)9-15(26)25(17(23)27)10-5-6-13-11(8-10)16(22-31(13,29)30)12-4-2-3-7-24(12)28/h2-9H,1H3. The molecule has 0 bridgehead atoms. The van der Waals surface area contributed by atoms with Crippen LogP contribution in [0.25, 0.3) is 5.69 Å². The first-order valence-electron chi connectivity index (χ1n) is 8.50. The summed E-state index contributed by atoms with van der Waals surface area (Å²) >= 11 is 0. The second-order valence-electron chi connectivity index (χ2n) is 6.55. The molecule has 1 aliphatic heterocycles. The Morgan fingerprint density at radius 2 is 1.81 bits per heavy atom. The molecule has 3 aromatic rings. The van der Waals surface area contributed by atoms with Crippen molar-refractivity contribution in [2.24, 2.45) is 11.4 Å². The third-order valence-electron chi connectivity index (χ3n) is 4.64. The van der Waals surface area contributed by atoms with Crippen LogP contribution in [0.2, 0.25) is 0 Å². The molecule has 160 valence electrons. The van der Waals surface area contributed by atoms with E-state index in [1.807, 2.05) is 0 Å². The van der Waals surface area contributed by atoms with Gasteiger partial charge in [-0.05, 0) is 24.3 Å². The Balaban J connectivity index is 1.97. The zero-order valence-corrected chi connectivity index (χ0v) is 16.3. The average Bonchev–Trinajstić information content (AvgIpc) is 2.95. The number of rotatable bonds is 2. The van der Waals surface area contributed by atoms with Gasteiger partial charge in [0.05, 0.1) is 10.6 Å². The van der Waals surface area contributed by atoms with E-state index in [1.165, 1.54) is 18.2 Å². The van der Waals surface area contributed by atoms with Crippen molar-refractivity contribution < 1.29 is 26.3 Å². The van der Waals surface area contributed by atoms with E-state index in [0.717, 1.165) is 31.4 Å². The quantitative estimate of drug-likeness (QED) is 0.420. The van der Waals surface area contributed by atoms with Crippen molar-refractivity contribution >= 4 is 15.7 Å². The predicted octanol–water partition coefficient (Wildman–Crippen LogP) is 0.728. The number of benzene rings is 1. The number of aromatic nitrogens is 3. The number of hydrogen-bond donors (Lipinski definition) is 0. The van der Waals surface area contributed by atoms with Crippen molar-refractivity contribution in [2.75, 3.05) is 0 Å². The average molecular weight is 452 g/mol. The van der Waals surface area contributed by atoms with Gasteiger partial charge in [0.25, 0.3) is 15.6 Å². The first kappa shape index (κ1) is 20.5. The zero-order valence-electron chi connectivity index (χ0n) is 15.5. The molecular formula is C18H11F3N4O5S. The van der Waals surface area contributed by atoms with Crippen LogP contribution < -0.4 is 16.0 Å². The molecular weight excluding hydrogens is 441 g/mol. The van der Waals surface area contributed by atoms with Crippen molar-refractivity contribution in [2.45, 2.75) is 11.1 Å². The summed E-state index contributed by atoms with van der Waals surface area (Å²) in [5.41, 5.74) is -4.54. The van der Waals surface area contributed by atoms with E-state index in [2.05, 4.69) is 4.40 Å². The van der Waals surface area contributed by atoms with Crippen molar-refractivity contribution in [3.8, 4) is 5.69 Å². The van der Waals surface area contributed by atoms with Crippen molar-refractivity contribution in [1.29, 1.82) is 0 Å². The Morgan fingerprint density at radius 3 is 2.45 bits per heavy atom. The fourth-order valence-corrected chi connectivity index (χ4v) is 4.42. The summed E-state index contributed by atoms with van der Waals surface area (Å²) in [6.45, 7) is 0. The van der Waals surface area contributed by atoms with Gasteiger partial charge < -0.3 is 5.21 Å². The molecule has 0 amide bonds. The molecule has 2 aromatic heterocycles. The SMILES string of the molecule is Cn1c(C(F)(F)F)cc(=O)n(-c2ccc3c(c2)C(c2cccc[n+]2[O-])=NS3(=O)=O)c1=O. The molecule has 0 spiro atoms. The van der Waals surface area contributed by atoms with Gasteiger partial charge in [-0.2, -0.15) is 30.7 Å². The lowest BCUT2D eigenvalue weighted by molar-refractivity contribution is -0.606. The molecule has 0 fully saturated rings. The van der Waals surface area contributed by atoms with Gasteiger partial charge in [0.15, 0.2) is 11.9 Å². The molecule has 4 rings (SSSR count). The molecule has 0 aliphatic carbocycles. The van der Waals surface area contributed by atoms with Crippen LogP contribution in [0.3, 0.4) is 0 Å². The number of alkyl halides is 3. The monoisotopic (exact) mass is 452 g/mol. The molecule has 0 radical (unpaired) electrons. The minimum Gasteiger partial charge on any atom is -0.618 e. The largest absolute Gasteiger partial charge is 0.618 e. The van der Waals surface area contributed by atoms with Gasteiger partial charge in [0.1, 0.15) is 5.69 Å². The van der Waals surface area contributed by atoms with Gasteiger partial charge in [0, 0.05) is 30.8 Å². The van der Waals surface area contributed by atoms with Crippen LogP contribution in [0, 0.1) is 5.21 Å². The van der Waals surface area contributed by atoms with Crippen LogP contribution in [0.1, 0.15) is 17.0 Å². The second kappa shape index (κ2) is 6.63. The molecule has 0 saturated heterocycles. The van der Waals surface area contributed by atoms with E-state index in [0.29, 0.717) is 9.30 Å². The Kier molecular flexibility index (Phi) is 4.39. The Hall–Kier alpha value is -3.74. The summed E-state index contributed by atoms with van der Waals surface area (Å²) in [5.74, 6) is 0. The highest BCUT2D eigenvalue weighted by atomic mass is 32.2. The number of sulfonamides is 1. The highest BCUT2D eigenvalue weighted by molar-refractivity contribution is 7.90. The molecule has 0 atom stereocenters. The Morgan fingerprint density at radius 1 is 1.10 bits per heavy atom. The molecule has 1 aliphatic rings. The van der Waals surface area contributed by atoms with E-state index in [9.17, 15) is 36.4 Å². The summed E-state index contributed by atoms with van der Waals surface area (Å²) < 4.78 is 68.7. The lowest BCUT2D eigenvalue weighted by atomic mass is 10.1. The van der Waals surface area contributed by atoms with Crippen molar-refractivity contribution in [3.63, 3.8) is 0 Å². The number of halogens is 3. The number of fused-ring (bicyclic) bond motifs is 1. The van der Waals surface area contributed by atoms with Gasteiger partial charge >= 0.3 is 11.9 Å². The maximum atomic E-state index is 13.1. The number of nitrogens with zero attached hydrogens (tertiary/aromatic N) is 4. The normalized spacial score (nSPS) is 14.9. The van der Waals surface area contributed by atoms with E-state index in [-0.39, 0.29) is 38.2 Å². The number of pyridine rings is 1. The molecule has 0 unspecified atom stereocenters. The summed E-state index contributed by atoms with van der Waals surface area (Å²) in [4.78, 5) is 24.6. The molecule has 3 heterocycles. The molecule has 1 aromatic carbocycles. The van der Waals surface area contributed by atoms with E-state index >= 15 is 0 Å². The fraction of sp³-hybridized carbons (Fsp3) is 0.111. The lowest BCUT2D eigenvalue weighted by Gasteiger charge is -2.14. The first-order chi connectivity index (χ1) is 14.4. The maximum absolute atomic E-state index is 13.1. The highest BCUT2D eigenvalue weighted by Crippen LogP contribution is 2.30.